The minimum Gasteiger partial charge on any atom is -0.370 e. The summed E-state index contributed by atoms with van der Waals surface area (Å²) in [6.07, 6.45) is 8.54. The number of hydrogen-bond acceptors (Lipinski definition) is 4. The van der Waals surface area contributed by atoms with Gasteiger partial charge in [0.1, 0.15) is 6.61 Å². The molecule has 2 aliphatic rings. The largest absolute Gasteiger partial charge is 0.370 e. The lowest BCUT2D eigenvalue weighted by Gasteiger charge is -2.42. The van der Waals surface area contributed by atoms with Crippen LogP contribution in [0.1, 0.15) is 63.9 Å². The van der Waals surface area contributed by atoms with Gasteiger partial charge in [0.2, 0.25) is 5.91 Å². The lowest BCUT2D eigenvalue weighted by Crippen LogP contribution is -2.52. The Labute approximate surface area is 210 Å². The zero-order valence-corrected chi connectivity index (χ0v) is 21.1. The van der Waals surface area contributed by atoms with Gasteiger partial charge in [0, 0.05) is 18.5 Å². The highest BCUT2D eigenvalue weighted by Crippen LogP contribution is 2.38. The number of ether oxygens (including phenoxy) is 1. The molecule has 1 saturated carbocycles. The number of carbonyl (C=O) groups is 2. The Kier molecular flexibility index (Phi) is 8.74. The van der Waals surface area contributed by atoms with Crippen molar-refractivity contribution in [2.45, 2.75) is 76.9 Å². The summed E-state index contributed by atoms with van der Waals surface area (Å²) in [5.41, 5.74) is 8.99. The number of ketones is 1. The van der Waals surface area contributed by atoms with Crippen LogP contribution in [0, 0.1) is 5.41 Å². The lowest BCUT2D eigenvalue weighted by molar-refractivity contribution is -0.144. The molecular formula is C30H40N2O3. The van der Waals surface area contributed by atoms with E-state index in [1.807, 2.05) is 30.0 Å². The van der Waals surface area contributed by atoms with Crippen molar-refractivity contribution in [2.75, 3.05) is 19.7 Å². The molecule has 2 aromatic carbocycles. The molecule has 2 N–H and O–H groups in total. The first kappa shape index (κ1) is 25.6. The number of nitrogens with zero attached hydrogens (tertiary/aromatic N) is 1. The SMILES string of the molecule is CC[C@H](N)C(=O)N1CCC(Cc2cccc(-c3ccccc3)c2)(C(=O)COC2CCCCC2)CC1. The summed E-state index contributed by atoms with van der Waals surface area (Å²) in [7, 11) is 0. The molecule has 1 atom stereocenters. The van der Waals surface area contributed by atoms with Crippen molar-refractivity contribution in [3.63, 3.8) is 0 Å². The number of amides is 1. The second-order valence-corrected chi connectivity index (χ2v) is 10.4. The summed E-state index contributed by atoms with van der Waals surface area (Å²) >= 11 is 0. The monoisotopic (exact) mass is 476 g/mol. The lowest BCUT2D eigenvalue weighted by atomic mass is 9.70. The van der Waals surface area contributed by atoms with Crippen LogP contribution in [0.5, 0.6) is 0 Å². The molecule has 4 rings (SSSR count). The van der Waals surface area contributed by atoms with Crippen LogP contribution in [-0.4, -0.2) is 48.4 Å². The number of nitrogens with two attached hydrogens (primary N) is 1. The molecular weight excluding hydrogens is 436 g/mol. The molecule has 35 heavy (non-hydrogen) atoms. The van der Waals surface area contributed by atoms with Gasteiger partial charge in [-0.25, -0.2) is 0 Å². The number of benzene rings is 2. The van der Waals surface area contributed by atoms with Gasteiger partial charge in [0.05, 0.1) is 12.1 Å². The second kappa shape index (κ2) is 12.0. The van der Waals surface area contributed by atoms with Crippen LogP contribution in [0.3, 0.4) is 0 Å². The van der Waals surface area contributed by atoms with Crippen molar-refractivity contribution in [1.29, 1.82) is 0 Å². The highest BCUT2D eigenvalue weighted by molar-refractivity contribution is 5.87. The van der Waals surface area contributed by atoms with Gasteiger partial charge in [-0.3, -0.25) is 9.59 Å². The number of rotatable bonds is 9. The van der Waals surface area contributed by atoms with E-state index in [0.717, 1.165) is 24.0 Å². The zero-order valence-electron chi connectivity index (χ0n) is 21.1. The van der Waals surface area contributed by atoms with E-state index in [2.05, 4.69) is 36.4 Å². The standard InChI is InChI=1S/C30H40N2O3/c1-2-27(31)29(34)32-18-16-30(17-19-32,28(33)22-35-26-14-7-4-8-15-26)21-23-10-9-13-25(20-23)24-11-5-3-6-12-24/h3,5-6,9-13,20,26-27H,2,4,7-8,14-19,21-22,31H2,1H3/t27-/m0/s1. The van der Waals surface area contributed by atoms with E-state index in [0.29, 0.717) is 38.8 Å². The maximum atomic E-state index is 13.7. The quantitative estimate of drug-likeness (QED) is 0.543. The predicted molar refractivity (Wildman–Crippen MR) is 140 cm³/mol. The average molecular weight is 477 g/mol. The third kappa shape index (κ3) is 6.39. The fourth-order valence-electron chi connectivity index (χ4n) is 5.58. The smallest absolute Gasteiger partial charge is 0.239 e. The van der Waals surface area contributed by atoms with Gasteiger partial charge in [-0.2, -0.15) is 0 Å². The molecule has 0 spiro atoms. The minimum atomic E-state index is -0.517. The van der Waals surface area contributed by atoms with E-state index >= 15 is 0 Å². The number of likely N-dealkylation sites (tertiary alicyclic amines) is 1. The van der Waals surface area contributed by atoms with Gasteiger partial charge >= 0.3 is 0 Å². The number of carbonyl (C=O) groups excluding carboxylic acids is 2. The van der Waals surface area contributed by atoms with Gasteiger partial charge in [-0.15, -0.1) is 0 Å². The molecule has 0 aromatic heterocycles. The van der Waals surface area contributed by atoms with Crippen molar-refractivity contribution in [2.24, 2.45) is 11.1 Å². The molecule has 0 unspecified atom stereocenters. The van der Waals surface area contributed by atoms with Crippen molar-refractivity contribution in [1.82, 2.24) is 4.90 Å². The first-order chi connectivity index (χ1) is 17.0. The Bertz CT molecular complexity index is 976. The first-order valence-electron chi connectivity index (χ1n) is 13.3. The van der Waals surface area contributed by atoms with E-state index < -0.39 is 11.5 Å². The fraction of sp³-hybridized carbons (Fsp3) is 0.533. The molecule has 2 fully saturated rings. The van der Waals surface area contributed by atoms with Crippen molar-refractivity contribution in [3.8, 4) is 11.1 Å². The van der Waals surface area contributed by atoms with Gasteiger partial charge in [-0.05, 0) is 55.2 Å². The highest BCUT2D eigenvalue weighted by atomic mass is 16.5. The van der Waals surface area contributed by atoms with Crippen LogP contribution in [0.25, 0.3) is 11.1 Å². The van der Waals surface area contributed by atoms with Crippen LogP contribution in [-0.2, 0) is 20.7 Å². The van der Waals surface area contributed by atoms with Gasteiger partial charge in [0.15, 0.2) is 5.78 Å². The molecule has 5 nitrogen and oxygen atoms in total. The second-order valence-electron chi connectivity index (χ2n) is 10.4. The molecule has 0 bridgehead atoms. The van der Waals surface area contributed by atoms with E-state index in [4.69, 9.17) is 10.5 Å². The average Bonchev–Trinajstić information content (AvgIpc) is 2.92. The number of Topliss-reactive ketones (excluding diaryl/α,β-unsaturated/α-hetero) is 1. The Morgan fingerprint density at radius 1 is 1.00 bits per heavy atom. The molecule has 1 aliphatic carbocycles. The van der Waals surface area contributed by atoms with Crippen LogP contribution in [0.4, 0.5) is 0 Å². The van der Waals surface area contributed by atoms with Crippen molar-refractivity contribution >= 4 is 11.7 Å². The van der Waals surface area contributed by atoms with Crippen LogP contribution < -0.4 is 5.73 Å². The molecule has 1 amide bonds. The van der Waals surface area contributed by atoms with Crippen molar-refractivity contribution < 1.29 is 14.3 Å². The molecule has 188 valence electrons. The maximum absolute atomic E-state index is 13.7. The van der Waals surface area contributed by atoms with Crippen LogP contribution in [0.15, 0.2) is 54.6 Å². The normalized spacial score (nSPS) is 19.3. The highest BCUT2D eigenvalue weighted by Gasteiger charge is 2.42. The Balaban J connectivity index is 1.51. The summed E-state index contributed by atoms with van der Waals surface area (Å²) in [6, 6.07) is 18.4. The van der Waals surface area contributed by atoms with Crippen LogP contribution >= 0.6 is 0 Å². The molecule has 1 saturated heterocycles. The van der Waals surface area contributed by atoms with Gasteiger partial charge < -0.3 is 15.4 Å². The number of piperidine rings is 1. The Morgan fingerprint density at radius 2 is 1.69 bits per heavy atom. The fourth-order valence-corrected chi connectivity index (χ4v) is 5.58. The first-order valence-corrected chi connectivity index (χ1v) is 13.3. The summed E-state index contributed by atoms with van der Waals surface area (Å²) in [5.74, 6) is 0.179. The molecule has 5 heteroatoms. The van der Waals surface area contributed by atoms with E-state index in [-0.39, 0.29) is 24.4 Å². The minimum absolute atomic E-state index is 0.00178. The number of hydrogen-bond donors (Lipinski definition) is 1. The van der Waals surface area contributed by atoms with Gasteiger partial charge in [-0.1, -0.05) is 80.8 Å². The summed E-state index contributed by atoms with van der Waals surface area (Å²) in [6.45, 7) is 3.24. The molecule has 1 heterocycles. The molecule has 2 aromatic rings. The third-order valence-electron chi connectivity index (χ3n) is 7.96. The van der Waals surface area contributed by atoms with Crippen molar-refractivity contribution in [3.05, 3.63) is 60.2 Å². The summed E-state index contributed by atoms with van der Waals surface area (Å²) < 4.78 is 6.13. The summed E-state index contributed by atoms with van der Waals surface area (Å²) in [4.78, 5) is 28.3. The Morgan fingerprint density at radius 3 is 2.37 bits per heavy atom. The summed E-state index contributed by atoms with van der Waals surface area (Å²) in [5, 5.41) is 0. The van der Waals surface area contributed by atoms with E-state index in [1.54, 1.807) is 0 Å². The topological polar surface area (TPSA) is 72.6 Å². The zero-order chi connectivity index (χ0) is 24.7. The molecule has 1 aliphatic heterocycles. The third-order valence-corrected chi connectivity index (χ3v) is 7.96. The predicted octanol–water partition coefficient (Wildman–Crippen LogP) is 5.16. The maximum Gasteiger partial charge on any atom is 0.239 e. The molecule has 0 radical (unpaired) electrons. The van der Waals surface area contributed by atoms with Crippen LogP contribution in [0.2, 0.25) is 0 Å². The van der Waals surface area contributed by atoms with E-state index in [1.165, 1.54) is 24.8 Å². The Hall–Kier alpha value is -2.50. The van der Waals surface area contributed by atoms with E-state index in [9.17, 15) is 9.59 Å². The van der Waals surface area contributed by atoms with Gasteiger partial charge in [0.25, 0.3) is 0 Å².